The molecule has 3 nitrogen and oxygen atoms in total. The highest BCUT2D eigenvalue weighted by Gasteiger charge is 2.44. The zero-order valence-corrected chi connectivity index (χ0v) is 13.0. The molecule has 22 heavy (non-hydrogen) atoms. The van der Waals surface area contributed by atoms with Crippen molar-refractivity contribution in [1.82, 2.24) is 0 Å². The molecule has 0 saturated carbocycles. The second-order valence-corrected chi connectivity index (χ2v) is 5.44. The van der Waals surface area contributed by atoms with Crippen LogP contribution in [-0.4, -0.2) is 17.7 Å². The topological polar surface area (TPSA) is 46.5 Å². The highest BCUT2D eigenvalue weighted by Crippen LogP contribution is 2.33. The van der Waals surface area contributed by atoms with Crippen LogP contribution in [0.4, 0.5) is 0 Å². The third-order valence-corrected chi connectivity index (χ3v) is 3.90. The summed E-state index contributed by atoms with van der Waals surface area (Å²) in [4.78, 5) is 12.4. The summed E-state index contributed by atoms with van der Waals surface area (Å²) >= 11 is 0. The lowest BCUT2D eigenvalue weighted by Crippen LogP contribution is -2.44. The minimum Gasteiger partial charge on any atom is -0.464 e. The van der Waals surface area contributed by atoms with Crippen LogP contribution >= 0.6 is 0 Å². The smallest absolute Gasteiger partial charge is 0.343 e. The molecule has 1 N–H and O–H groups in total. The van der Waals surface area contributed by atoms with E-state index in [2.05, 4.69) is 0 Å². The SMILES string of the molecule is CCOC(=O)[C@](O)(c1ccccc1)[C@@H](C)Cc1ccccc1. The van der Waals surface area contributed by atoms with Gasteiger partial charge in [0.2, 0.25) is 0 Å². The summed E-state index contributed by atoms with van der Waals surface area (Å²) in [7, 11) is 0. The number of carbonyl (C=O) groups excluding carboxylic acids is 1. The van der Waals surface area contributed by atoms with Crippen molar-refractivity contribution in [2.75, 3.05) is 6.61 Å². The largest absolute Gasteiger partial charge is 0.464 e. The average Bonchev–Trinajstić information content (AvgIpc) is 2.56. The average molecular weight is 298 g/mol. The number of hydrogen-bond acceptors (Lipinski definition) is 3. The van der Waals surface area contributed by atoms with Gasteiger partial charge in [0.05, 0.1) is 6.61 Å². The zero-order chi connectivity index (χ0) is 16.0. The Morgan fingerprint density at radius 3 is 2.18 bits per heavy atom. The molecule has 0 aliphatic rings. The molecule has 0 saturated heterocycles. The molecule has 2 atom stereocenters. The van der Waals surface area contributed by atoms with Gasteiger partial charge in [-0.3, -0.25) is 0 Å². The van der Waals surface area contributed by atoms with Crippen molar-refractivity contribution < 1.29 is 14.6 Å². The first-order valence-corrected chi connectivity index (χ1v) is 7.58. The summed E-state index contributed by atoms with van der Waals surface area (Å²) in [6, 6.07) is 18.8. The first-order valence-electron chi connectivity index (χ1n) is 7.58. The second-order valence-electron chi connectivity index (χ2n) is 5.44. The van der Waals surface area contributed by atoms with Crippen molar-refractivity contribution in [1.29, 1.82) is 0 Å². The Kier molecular flexibility index (Phi) is 5.34. The standard InChI is InChI=1S/C19H22O3/c1-3-22-18(20)19(21,17-12-8-5-9-13-17)15(2)14-16-10-6-4-7-11-16/h4-13,15,21H,3,14H2,1-2H3/t15-,19+/m0/s1. The minimum atomic E-state index is -1.65. The maximum absolute atomic E-state index is 12.4. The van der Waals surface area contributed by atoms with Crippen molar-refractivity contribution in [2.45, 2.75) is 25.9 Å². The Labute approximate surface area is 131 Å². The molecule has 116 valence electrons. The van der Waals surface area contributed by atoms with Crippen LogP contribution in [0, 0.1) is 5.92 Å². The number of esters is 1. The summed E-state index contributed by atoms with van der Waals surface area (Å²) in [5.74, 6) is -0.902. The van der Waals surface area contributed by atoms with Gasteiger partial charge in [-0.05, 0) is 24.5 Å². The van der Waals surface area contributed by atoms with Gasteiger partial charge in [-0.15, -0.1) is 0 Å². The van der Waals surface area contributed by atoms with Crippen LogP contribution in [0.3, 0.4) is 0 Å². The lowest BCUT2D eigenvalue weighted by Gasteiger charge is -2.32. The van der Waals surface area contributed by atoms with Gasteiger partial charge in [-0.1, -0.05) is 67.6 Å². The molecule has 0 bridgehead atoms. The molecule has 2 aromatic rings. The third kappa shape index (κ3) is 3.37. The fraction of sp³-hybridized carbons (Fsp3) is 0.316. The molecule has 0 heterocycles. The Morgan fingerprint density at radius 2 is 1.64 bits per heavy atom. The van der Waals surface area contributed by atoms with Crippen LogP contribution in [0.1, 0.15) is 25.0 Å². The maximum atomic E-state index is 12.4. The molecule has 0 unspecified atom stereocenters. The number of aliphatic hydroxyl groups is 1. The van der Waals surface area contributed by atoms with Gasteiger partial charge >= 0.3 is 5.97 Å². The van der Waals surface area contributed by atoms with Gasteiger partial charge in [0, 0.05) is 5.92 Å². The molecular weight excluding hydrogens is 276 g/mol. The lowest BCUT2D eigenvalue weighted by atomic mass is 9.79. The van der Waals surface area contributed by atoms with E-state index in [1.54, 1.807) is 19.1 Å². The Bertz CT molecular complexity index is 595. The van der Waals surface area contributed by atoms with Gasteiger partial charge < -0.3 is 9.84 Å². The predicted octanol–water partition coefficient (Wildman–Crippen LogP) is 3.32. The van der Waals surface area contributed by atoms with E-state index in [0.717, 1.165) is 5.56 Å². The molecule has 3 heteroatoms. The van der Waals surface area contributed by atoms with E-state index >= 15 is 0 Å². The van der Waals surface area contributed by atoms with Crippen LogP contribution in [0.2, 0.25) is 0 Å². The highest BCUT2D eigenvalue weighted by molar-refractivity contribution is 5.81. The van der Waals surface area contributed by atoms with Gasteiger partial charge in [-0.25, -0.2) is 4.79 Å². The van der Waals surface area contributed by atoms with E-state index < -0.39 is 11.6 Å². The molecule has 2 rings (SSSR count). The molecule has 0 aliphatic carbocycles. The van der Waals surface area contributed by atoms with Crippen molar-refractivity contribution in [3.05, 3.63) is 71.8 Å². The van der Waals surface area contributed by atoms with E-state index in [0.29, 0.717) is 12.0 Å². The summed E-state index contributed by atoms with van der Waals surface area (Å²) < 4.78 is 5.13. The van der Waals surface area contributed by atoms with Crippen molar-refractivity contribution >= 4 is 5.97 Å². The number of hydrogen-bond donors (Lipinski definition) is 1. The normalized spacial score (nSPS) is 14.9. The van der Waals surface area contributed by atoms with Gasteiger partial charge in [0.15, 0.2) is 5.60 Å². The van der Waals surface area contributed by atoms with E-state index in [1.165, 1.54) is 0 Å². The van der Waals surface area contributed by atoms with E-state index in [1.807, 2.05) is 55.5 Å². The Balaban J connectivity index is 2.34. The second kappa shape index (κ2) is 7.23. The van der Waals surface area contributed by atoms with Crippen molar-refractivity contribution in [2.24, 2.45) is 5.92 Å². The number of carbonyl (C=O) groups is 1. The maximum Gasteiger partial charge on any atom is 0.343 e. The minimum absolute atomic E-state index is 0.242. The molecule has 0 spiro atoms. The summed E-state index contributed by atoms with van der Waals surface area (Å²) in [6.07, 6.45) is 0.588. The van der Waals surface area contributed by atoms with Gasteiger partial charge in [0.1, 0.15) is 0 Å². The molecule has 0 fully saturated rings. The fourth-order valence-electron chi connectivity index (χ4n) is 2.65. The molecule has 2 aromatic carbocycles. The Morgan fingerprint density at radius 1 is 1.09 bits per heavy atom. The molecule has 0 amide bonds. The monoisotopic (exact) mass is 298 g/mol. The van der Waals surface area contributed by atoms with Crippen LogP contribution in [-0.2, 0) is 21.6 Å². The lowest BCUT2D eigenvalue weighted by molar-refractivity contribution is -0.172. The van der Waals surface area contributed by atoms with Crippen LogP contribution in [0.5, 0.6) is 0 Å². The van der Waals surface area contributed by atoms with E-state index in [-0.39, 0.29) is 12.5 Å². The summed E-state index contributed by atoms with van der Waals surface area (Å²) in [5.41, 5.74) is -0.00171. The van der Waals surface area contributed by atoms with Crippen LogP contribution in [0.25, 0.3) is 0 Å². The summed E-state index contributed by atoms with van der Waals surface area (Å²) in [6.45, 7) is 3.86. The van der Waals surface area contributed by atoms with E-state index in [4.69, 9.17) is 4.74 Å². The third-order valence-electron chi connectivity index (χ3n) is 3.90. The zero-order valence-electron chi connectivity index (χ0n) is 13.0. The number of rotatable bonds is 6. The first-order chi connectivity index (χ1) is 10.6. The molecule has 0 aromatic heterocycles. The quantitative estimate of drug-likeness (QED) is 0.832. The van der Waals surface area contributed by atoms with Crippen molar-refractivity contribution in [3.8, 4) is 0 Å². The molecular formula is C19H22O3. The van der Waals surface area contributed by atoms with Gasteiger partial charge in [0.25, 0.3) is 0 Å². The first kappa shape index (κ1) is 16.2. The summed E-state index contributed by atoms with van der Waals surface area (Å²) in [5, 5.41) is 11.1. The van der Waals surface area contributed by atoms with Gasteiger partial charge in [-0.2, -0.15) is 0 Å². The molecule has 0 aliphatic heterocycles. The van der Waals surface area contributed by atoms with Crippen LogP contribution in [0.15, 0.2) is 60.7 Å². The number of benzene rings is 2. The van der Waals surface area contributed by atoms with Crippen LogP contribution < -0.4 is 0 Å². The fourth-order valence-corrected chi connectivity index (χ4v) is 2.65. The van der Waals surface area contributed by atoms with E-state index in [9.17, 15) is 9.90 Å². The highest BCUT2D eigenvalue weighted by atomic mass is 16.5. The Hall–Kier alpha value is -2.13. The molecule has 0 radical (unpaired) electrons. The number of ether oxygens (including phenoxy) is 1. The van der Waals surface area contributed by atoms with Crippen molar-refractivity contribution in [3.63, 3.8) is 0 Å². The predicted molar refractivity (Wildman–Crippen MR) is 86.3 cm³/mol.